The van der Waals surface area contributed by atoms with Gasteiger partial charge in [0.15, 0.2) is 0 Å². The van der Waals surface area contributed by atoms with Gasteiger partial charge in [-0.25, -0.2) is 0 Å². The van der Waals surface area contributed by atoms with E-state index in [2.05, 4.69) is 10.6 Å². The molecule has 0 aromatic heterocycles. The highest BCUT2D eigenvalue weighted by molar-refractivity contribution is 6.31. The zero-order valence-electron chi connectivity index (χ0n) is 17.4. The average molecular weight is 456 g/mol. The fourth-order valence-electron chi connectivity index (χ4n) is 4.01. The Morgan fingerprint density at radius 2 is 2.03 bits per heavy atom. The summed E-state index contributed by atoms with van der Waals surface area (Å²) in [5.41, 5.74) is 2.70. The maximum absolute atomic E-state index is 12.9. The average Bonchev–Trinajstić information content (AvgIpc) is 3.08. The Morgan fingerprint density at radius 1 is 1.22 bits per heavy atom. The summed E-state index contributed by atoms with van der Waals surface area (Å²) in [6.07, 6.45) is 1.19. The highest BCUT2D eigenvalue weighted by atomic mass is 35.5. The summed E-state index contributed by atoms with van der Waals surface area (Å²) < 4.78 is 5.24. The molecule has 1 saturated heterocycles. The second-order valence-corrected chi connectivity index (χ2v) is 8.22. The van der Waals surface area contributed by atoms with Gasteiger partial charge in [0.25, 0.3) is 5.91 Å². The van der Waals surface area contributed by atoms with Crippen molar-refractivity contribution >= 4 is 40.9 Å². The number of hydrogen-bond donors (Lipinski definition) is 2. The molecule has 1 unspecified atom stereocenters. The first-order valence-electron chi connectivity index (χ1n) is 10.3. The second kappa shape index (κ2) is 9.00. The first kappa shape index (κ1) is 21.8. The van der Waals surface area contributed by atoms with E-state index in [9.17, 15) is 19.2 Å². The summed E-state index contributed by atoms with van der Waals surface area (Å²) in [6.45, 7) is 0.329. The number of ether oxygens (including phenoxy) is 1. The van der Waals surface area contributed by atoms with Crippen LogP contribution in [-0.2, 0) is 27.3 Å². The van der Waals surface area contributed by atoms with E-state index >= 15 is 0 Å². The van der Waals surface area contributed by atoms with Crippen molar-refractivity contribution in [2.45, 2.75) is 38.3 Å². The Kier molecular flexibility index (Phi) is 6.14. The maximum Gasteiger partial charge on any atom is 0.255 e. The number of rotatable bonds is 6. The van der Waals surface area contributed by atoms with E-state index in [0.717, 1.165) is 11.1 Å². The van der Waals surface area contributed by atoms with Crippen LogP contribution < -0.4 is 15.4 Å². The monoisotopic (exact) mass is 455 g/mol. The minimum absolute atomic E-state index is 0.206. The number of anilines is 1. The standard InChI is InChI=1S/C23H22ClN3O5/c1-32-19-7-5-15(24)11-17(19)25-20(28)8-3-13-2-4-14-12-27(23(31)16(14)10-13)18-6-9-21(29)26-22(18)30/h2,4-5,7,10-11,18H,3,6,8-9,12H2,1H3,(H,25,28)(H,26,29,30). The molecule has 1 fully saturated rings. The molecule has 0 aliphatic carbocycles. The summed E-state index contributed by atoms with van der Waals surface area (Å²) in [6, 6.07) is 9.84. The molecular weight excluding hydrogens is 434 g/mol. The van der Waals surface area contributed by atoms with Gasteiger partial charge in [-0.15, -0.1) is 0 Å². The Balaban J connectivity index is 1.40. The van der Waals surface area contributed by atoms with Crippen LogP contribution in [0.25, 0.3) is 0 Å². The molecule has 8 nitrogen and oxygen atoms in total. The van der Waals surface area contributed by atoms with Crippen molar-refractivity contribution in [3.05, 3.63) is 58.1 Å². The minimum atomic E-state index is -0.644. The van der Waals surface area contributed by atoms with Gasteiger partial charge in [0, 0.05) is 30.0 Å². The summed E-state index contributed by atoms with van der Waals surface area (Å²) >= 11 is 6.00. The zero-order valence-corrected chi connectivity index (χ0v) is 18.2. The molecule has 2 aromatic carbocycles. The van der Waals surface area contributed by atoms with Crippen LogP contribution in [0.4, 0.5) is 5.69 Å². The molecule has 0 bridgehead atoms. The van der Waals surface area contributed by atoms with E-state index in [1.807, 2.05) is 12.1 Å². The second-order valence-electron chi connectivity index (χ2n) is 7.78. The fraction of sp³-hybridized carbons (Fsp3) is 0.304. The molecule has 2 aliphatic rings. The Bertz CT molecular complexity index is 1120. The highest BCUT2D eigenvalue weighted by Crippen LogP contribution is 2.29. The van der Waals surface area contributed by atoms with Crippen molar-refractivity contribution in [3.8, 4) is 5.75 Å². The Morgan fingerprint density at radius 3 is 2.78 bits per heavy atom. The number of nitrogens with one attached hydrogen (secondary N) is 2. The molecule has 0 radical (unpaired) electrons. The third kappa shape index (κ3) is 4.45. The molecule has 2 aliphatic heterocycles. The van der Waals surface area contributed by atoms with E-state index < -0.39 is 11.9 Å². The molecule has 166 valence electrons. The SMILES string of the molecule is COc1ccc(Cl)cc1NC(=O)CCc1ccc2c(c1)C(=O)N(C1CCC(=O)NC1=O)C2. The molecule has 0 saturated carbocycles. The highest BCUT2D eigenvalue weighted by Gasteiger charge is 2.39. The topological polar surface area (TPSA) is 105 Å². The quantitative estimate of drug-likeness (QED) is 0.651. The predicted octanol–water partition coefficient (Wildman–Crippen LogP) is 2.68. The lowest BCUT2D eigenvalue weighted by atomic mass is 10.0. The molecule has 4 amide bonds. The number of carbonyl (C=O) groups is 4. The first-order valence-corrected chi connectivity index (χ1v) is 10.6. The number of aryl methyl sites for hydroxylation is 1. The molecule has 2 aromatic rings. The number of methoxy groups -OCH3 is 1. The van der Waals surface area contributed by atoms with Crippen molar-refractivity contribution in [3.63, 3.8) is 0 Å². The van der Waals surface area contributed by atoms with Crippen LogP contribution >= 0.6 is 11.6 Å². The predicted molar refractivity (Wildman–Crippen MR) is 117 cm³/mol. The van der Waals surface area contributed by atoms with Gasteiger partial charge in [0.05, 0.1) is 12.8 Å². The van der Waals surface area contributed by atoms with Gasteiger partial charge in [-0.1, -0.05) is 23.7 Å². The maximum atomic E-state index is 12.9. The van der Waals surface area contributed by atoms with Crippen LogP contribution in [0, 0.1) is 0 Å². The van der Waals surface area contributed by atoms with Gasteiger partial charge in [-0.3, -0.25) is 24.5 Å². The van der Waals surface area contributed by atoms with Crippen molar-refractivity contribution in [2.75, 3.05) is 12.4 Å². The number of carbonyl (C=O) groups excluding carboxylic acids is 4. The van der Waals surface area contributed by atoms with E-state index in [1.165, 1.54) is 12.0 Å². The molecular formula is C23H22ClN3O5. The largest absolute Gasteiger partial charge is 0.495 e. The number of benzene rings is 2. The van der Waals surface area contributed by atoms with Crippen molar-refractivity contribution in [2.24, 2.45) is 0 Å². The smallest absolute Gasteiger partial charge is 0.255 e. The zero-order chi connectivity index (χ0) is 22.8. The van der Waals surface area contributed by atoms with Crippen LogP contribution in [0.3, 0.4) is 0 Å². The fourth-order valence-corrected chi connectivity index (χ4v) is 4.18. The van der Waals surface area contributed by atoms with Crippen molar-refractivity contribution in [1.29, 1.82) is 0 Å². The van der Waals surface area contributed by atoms with E-state index in [0.29, 0.717) is 41.4 Å². The molecule has 4 rings (SSSR count). The van der Waals surface area contributed by atoms with Crippen LogP contribution in [0.2, 0.25) is 5.02 Å². The lowest BCUT2D eigenvalue weighted by molar-refractivity contribution is -0.137. The van der Waals surface area contributed by atoms with Gasteiger partial charge < -0.3 is 15.0 Å². The third-order valence-electron chi connectivity index (χ3n) is 5.67. The van der Waals surface area contributed by atoms with Crippen LogP contribution in [-0.4, -0.2) is 41.7 Å². The first-order chi connectivity index (χ1) is 15.4. The van der Waals surface area contributed by atoms with Crippen LogP contribution in [0.5, 0.6) is 5.75 Å². The number of halogens is 1. The van der Waals surface area contributed by atoms with E-state index in [-0.39, 0.29) is 30.6 Å². The van der Waals surface area contributed by atoms with Gasteiger partial charge in [-0.2, -0.15) is 0 Å². The van der Waals surface area contributed by atoms with E-state index in [1.54, 1.807) is 24.3 Å². The molecule has 32 heavy (non-hydrogen) atoms. The number of fused-ring (bicyclic) bond motifs is 1. The van der Waals surface area contributed by atoms with Gasteiger partial charge in [-0.05, 0) is 48.2 Å². The summed E-state index contributed by atoms with van der Waals surface area (Å²) in [4.78, 5) is 50.4. The van der Waals surface area contributed by atoms with Gasteiger partial charge in [0.2, 0.25) is 17.7 Å². The lowest BCUT2D eigenvalue weighted by Crippen LogP contribution is -2.52. The summed E-state index contributed by atoms with van der Waals surface area (Å²) in [5.74, 6) is -0.673. The van der Waals surface area contributed by atoms with Crippen molar-refractivity contribution < 1.29 is 23.9 Å². The molecule has 9 heteroatoms. The van der Waals surface area contributed by atoms with Crippen LogP contribution in [0.15, 0.2) is 36.4 Å². The number of amides is 4. The number of hydrogen-bond acceptors (Lipinski definition) is 5. The van der Waals surface area contributed by atoms with Gasteiger partial charge >= 0.3 is 0 Å². The lowest BCUT2D eigenvalue weighted by Gasteiger charge is -2.29. The molecule has 2 N–H and O–H groups in total. The normalized spacial score (nSPS) is 17.8. The van der Waals surface area contributed by atoms with Gasteiger partial charge in [0.1, 0.15) is 11.8 Å². The minimum Gasteiger partial charge on any atom is -0.495 e. The van der Waals surface area contributed by atoms with Crippen molar-refractivity contribution in [1.82, 2.24) is 10.2 Å². The Hall–Kier alpha value is -3.39. The molecule has 0 spiro atoms. The Labute approximate surface area is 189 Å². The number of piperidine rings is 1. The summed E-state index contributed by atoms with van der Waals surface area (Å²) in [7, 11) is 1.51. The van der Waals surface area contributed by atoms with Crippen LogP contribution in [0.1, 0.15) is 40.7 Å². The number of nitrogens with zero attached hydrogens (tertiary/aromatic N) is 1. The third-order valence-corrected chi connectivity index (χ3v) is 5.90. The number of imide groups is 1. The molecule has 1 atom stereocenters. The molecule has 2 heterocycles. The van der Waals surface area contributed by atoms with E-state index in [4.69, 9.17) is 16.3 Å². The summed E-state index contributed by atoms with van der Waals surface area (Å²) in [5, 5.41) is 5.58.